The fourth-order valence-corrected chi connectivity index (χ4v) is 11.1. The zero-order chi connectivity index (χ0) is 35.5. The molecule has 4 amide bonds. The summed E-state index contributed by atoms with van der Waals surface area (Å²) < 4.78 is 8.70. The van der Waals surface area contributed by atoms with E-state index in [2.05, 4.69) is 0 Å². The summed E-state index contributed by atoms with van der Waals surface area (Å²) in [6.45, 7) is 5.93. The van der Waals surface area contributed by atoms with Crippen LogP contribution in [0.2, 0.25) is 5.02 Å². The second-order valence-electron chi connectivity index (χ2n) is 13.8. The summed E-state index contributed by atoms with van der Waals surface area (Å²) in [5, 5.41) is 17.2. The number of aromatic hydroxyl groups is 1. The van der Waals surface area contributed by atoms with Gasteiger partial charge >= 0.3 is 0 Å². The molecule has 4 aliphatic rings. The Bertz CT molecular complexity index is 2230. The van der Waals surface area contributed by atoms with Gasteiger partial charge in [-0.1, -0.05) is 23.3 Å². The summed E-state index contributed by atoms with van der Waals surface area (Å²) >= 11 is 9.91. The van der Waals surface area contributed by atoms with E-state index in [1.54, 1.807) is 42.1 Å². The molecule has 1 N–H and O–H groups in total. The maximum Gasteiger partial charge on any atom is 0.242 e. The number of anilines is 1. The van der Waals surface area contributed by atoms with Crippen LogP contribution in [-0.4, -0.2) is 57.1 Å². The summed E-state index contributed by atoms with van der Waals surface area (Å²) in [6, 6.07) is 11.1. The lowest BCUT2D eigenvalue weighted by molar-refractivity contribution is -0.140. The number of phenols is 1. The zero-order valence-corrected chi connectivity index (χ0v) is 31.7. The van der Waals surface area contributed by atoms with Gasteiger partial charge in [-0.15, -0.1) is 11.3 Å². The first-order chi connectivity index (χ1) is 23.8. The number of carbonyl (C=O) groups excluding carboxylic acids is 4. The maximum atomic E-state index is 15.0. The number of aromatic nitrogens is 2. The fraction of sp³-hybridized carbons (Fsp3) is 0.378. The molecule has 4 heterocycles. The molecule has 4 aromatic rings. The molecular weight excluding hydrogens is 791 g/mol. The van der Waals surface area contributed by atoms with Gasteiger partial charge < -0.3 is 9.84 Å². The van der Waals surface area contributed by atoms with Crippen LogP contribution in [0.25, 0.3) is 20.7 Å². The molecule has 2 aliphatic heterocycles. The lowest BCUT2D eigenvalue weighted by Crippen LogP contribution is -2.49. The first kappa shape index (κ1) is 33.4. The Morgan fingerprint density at radius 2 is 1.86 bits per heavy atom. The largest absolute Gasteiger partial charge is 0.504 e. The van der Waals surface area contributed by atoms with E-state index in [1.165, 1.54) is 16.9 Å². The Kier molecular flexibility index (Phi) is 7.77. The van der Waals surface area contributed by atoms with Crippen LogP contribution in [0.15, 0.2) is 48.0 Å². The second kappa shape index (κ2) is 11.6. The van der Waals surface area contributed by atoms with Gasteiger partial charge in [0.05, 0.1) is 38.7 Å². The molecule has 6 unspecified atom stereocenters. The average Bonchev–Trinajstić information content (AvgIpc) is 3.75. The number of amides is 4. The number of nitrogens with zero attached hydrogens (tertiary/aromatic N) is 4. The number of methoxy groups -OCH3 is 1. The van der Waals surface area contributed by atoms with Crippen molar-refractivity contribution in [2.24, 2.45) is 36.1 Å². The molecule has 0 spiro atoms. The third-order valence-electron chi connectivity index (χ3n) is 11.5. The summed E-state index contributed by atoms with van der Waals surface area (Å²) in [5.41, 5.74) is 1.98. The van der Waals surface area contributed by atoms with Crippen molar-refractivity contribution in [3.63, 3.8) is 0 Å². The highest BCUT2D eigenvalue weighted by molar-refractivity contribution is 14.1. The number of fused-ring (bicyclic) bond motifs is 5. The van der Waals surface area contributed by atoms with Crippen molar-refractivity contribution in [2.45, 2.75) is 39.5 Å². The number of thiophene rings is 1. The van der Waals surface area contributed by atoms with Crippen molar-refractivity contribution in [3.8, 4) is 22.1 Å². The molecule has 0 radical (unpaired) electrons. The fourth-order valence-electron chi connectivity index (χ4n) is 9.12. The number of imide groups is 2. The van der Waals surface area contributed by atoms with E-state index in [9.17, 15) is 19.5 Å². The quantitative estimate of drug-likeness (QED) is 0.133. The molecule has 258 valence electrons. The normalized spacial score (nSPS) is 27.6. The monoisotopic (exact) mass is 824 g/mol. The third-order valence-corrected chi connectivity index (χ3v) is 13.9. The van der Waals surface area contributed by atoms with Gasteiger partial charge in [0.15, 0.2) is 11.5 Å². The minimum Gasteiger partial charge on any atom is -0.504 e. The van der Waals surface area contributed by atoms with Gasteiger partial charge in [0.1, 0.15) is 11.5 Å². The van der Waals surface area contributed by atoms with Gasteiger partial charge in [-0.2, -0.15) is 5.10 Å². The molecule has 8 rings (SSSR count). The molecule has 13 heteroatoms. The number of phenolic OH excluding ortho intramolecular Hbond substituents is 1. The molecule has 2 aromatic carbocycles. The first-order valence-corrected chi connectivity index (χ1v) is 18.8. The molecule has 10 nitrogen and oxygen atoms in total. The second-order valence-corrected chi connectivity index (χ2v) is 16.5. The Labute approximate surface area is 311 Å². The minimum absolute atomic E-state index is 0.0181. The number of allylic oxidation sites excluding steroid dienone is 2. The lowest BCUT2D eigenvalue weighted by Gasteiger charge is -2.49. The minimum atomic E-state index is -1.25. The number of benzene rings is 2. The molecule has 3 fully saturated rings. The van der Waals surface area contributed by atoms with Crippen LogP contribution in [0.1, 0.15) is 43.7 Å². The smallest absolute Gasteiger partial charge is 0.242 e. The lowest BCUT2D eigenvalue weighted by atomic mass is 9.51. The van der Waals surface area contributed by atoms with Crippen molar-refractivity contribution >= 4 is 85.1 Å². The number of ether oxygens (including phenoxy) is 1. The maximum absolute atomic E-state index is 15.0. The molecular formula is C37H34ClIN4O6S. The number of carbonyl (C=O) groups is 4. The highest BCUT2D eigenvalue weighted by Gasteiger charge is 2.68. The van der Waals surface area contributed by atoms with Gasteiger partial charge in [0.2, 0.25) is 23.6 Å². The Balaban J connectivity index is 1.27. The van der Waals surface area contributed by atoms with E-state index in [4.69, 9.17) is 21.4 Å². The van der Waals surface area contributed by atoms with E-state index >= 15 is 4.79 Å². The number of hydrogen-bond donors (Lipinski definition) is 1. The summed E-state index contributed by atoms with van der Waals surface area (Å²) in [5.74, 6) is -3.49. The first-order valence-electron chi connectivity index (χ1n) is 16.5. The van der Waals surface area contributed by atoms with Crippen LogP contribution in [0.4, 0.5) is 5.82 Å². The van der Waals surface area contributed by atoms with Crippen LogP contribution >= 0.6 is 45.5 Å². The van der Waals surface area contributed by atoms with Crippen LogP contribution < -0.4 is 9.64 Å². The molecule has 6 atom stereocenters. The zero-order valence-electron chi connectivity index (χ0n) is 28.0. The van der Waals surface area contributed by atoms with Crippen molar-refractivity contribution in [3.05, 3.63) is 67.8 Å². The van der Waals surface area contributed by atoms with E-state index < -0.39 is 35.0 Å². The highest BCUT2D eigenvalue weighted by atomic mass is 127. The molecule has 50 heavy (non-hydrogen) atoms. The average molecular weight is 825 g/mol. The summed E-state index contributed by atoms with van der Waals surface area (Å²) in [6.07, 6.45) is 2.65. The number of aryl methyl sites for hydroxylation is 2. The van der Waals surface area contributed by atoms with Gasteiger partial charge in [-0.05, 0) is 109 Å². The van der Waals surface area contributed by atoms with E-state index in [0.29, 0.717) is 32.1 Å². The van der Waals surface area contributed by atoms with Crippen molar-refractivity contribution in [1.29, 1.82) is 0 Å². The standard InChI is InChI=1S/C37H34ClIN4O6S/c1-6-42-33(45)20-9-8-19-22(29(20)35(42)47)14-23-34(46)43(36(48)37(23,3)30(19)17-11-24(39)31(44)26(12-17)49-5)28-15-25(40-41(28)4)32-16(2)21-13-18(38)7-10-27(21)50-32/h7-8,10-13,15,20,22-23,29-30,44H,6,9,14H2,1-5H3. The Morgan fingerprint density at radius 1 is 1.10 bits per heavy atom. The van der Waals surface area contributed by atoms with Crippen LogP contribution in [0, 0.1) is 39.6 Å². The molecule has 2 saturated heterocycles. The van der Waals surface area contributed by atoms with Crippen LogP contribution in [-0.2, 0) is 26.2 Å². The topological polar surface area (TPSA) is 122 Å². The van der Waals surface area contributed by atoms with E-state index in [0.717, 1.165) is 26.1 Å². The van der Waals surface area contributed by atoms with Gasteiger partial charge in [0.25, 0.3) is 0 Å². The summed E-state index contributed by atoms with van der Waals surface area (Å²) in [7, 11) is 3.19. The van der Waals surface area contributed by atoms with Gasteiger partial charge in [-0.3, -0.25) is 28.8 Å². The van der Waals surface area contributed by atoms with Gasteiger partial charge in [0, 0.05) is 35.3 Å². The molecule has 1 saturated carbocycles. The number of likely N-dealkylation sites (tertiary alicyclic amines) is 1. The third kappa shape index (κ3) is 4.46. The molecule has 2 aromatic heterocycles. The number of halogens is 2. The number of rotatable bonds is 5. The summed E-state index contributed by atoms with van der Waals surface area (Å²) in [4.78, 5) is 60.5. The number of hydrogen-bond acceptors (Lipinski definition) is 8. The Hall–Kier alpha value is -3.75. The predicted octanol–water partition coefficient (Wildman–Crippen LogP) is 6.83. The van der Waals surface area contributed by atoms with Crippen molar-refractivity contribution < 1.29 is 29.0 Å². The van der Waals surface area contributed by atoms with E-state index in [1.807, 2.05) is 66.8 Å². The molecule has 0 bridgehead atoms. The SMILES string of the molecule is CCN1C(=O)C2CC=C3C(CC4C(=O)N(c5cc(-c6sc7ccc(Cl)cc7c6C)nn5C)C(=O)C4(C)C3c3cc(I)c(O)c(OC)c3)C2C1=O. The molecule has 2 aliphatic carbocycles. The van der Waals surface area contributed by atoms with Gasteiger partial charge in [-0.25, -0.2) is 4.90 Å². The van der Waals surface area contributed by atoms with Crippen molar-refractivity contribution in [2.75, 3.05) is 18.6 Å². The Morgan fingerprint density at radius 3 is 2.58 bits per heavy atom. The van der Waals surface area contributed by atoms with Crippen LogP contribution in [0.3, 0.4) is 0 Å². The predicted molar refractivity (Wildman–Crippen MR) is 198 cm³/mol. The van der Waals surface area contributed by atoms with E-state index in [-0.39, 0.29) is 48.1 Å². The van der Waals surface area contributed by atoms with Crippen molar-refractivity contribution in [1.82, 2.24) is 14.7 Å². The van der Waals surface area contributed by atoms with Crippen LogP contribution in [0.5, 0.6) is 11.5 Å². The highest BCUT2D eigenvalue weighted by Crippen LogP contribution is 2.64.